The Bertz CT molecular complexity index is 429. The standard InChI is InChI=1S/C14H21N3S/c1-9-6-10(2)11(3)17(8-9)12-4-5-13(14(15)18)16-7-12/h4-5,7,9-11H,6,8H2,1-3H3,(H2,15,18). The van der Waals surface area contributed by atoms with E-state index >= 15 is 0 Å². The van der Waals surface area contributed by atoms with Gasteiger partial charge in [-0.25, -0.2) is 0 Å². The van der Waals surface area contributed by atoms with Crippen molar-refractivity contribution in [3.63, 3.8) is 0 Å². The smallest absolute Gasteiger partial charge is 0.122 e. The van der Waals surface area contributed by atoms with E-state index in [9.17, 15) is 0 Å². The molecule has 2 rings (SSSR count). The molecule has 0 radical (unpaired) electrons. The lowest BCUT2D eigenvalue weighted by molar-refractivity contribution is 0.297. The molecule has 2 N–H and O–H groups in total. The lowest BCUT2D eigenvalue weighted by Gasteiger charge is -2.42. The van der Waals surface area contributed by atoms with Gasteiger partial charge in [-0.15, -0.1) is 0 Å². The van der Waals surface area contributed by atoms with Gasteiger partial charge in [0.1, 0.15) is 4.99 Å². The summed E-state index contributed by atoms with van der Waals surface area (Å²) in [6.45, 7) is 8.02. The molecule has 18 heavy (non-hydrogen) atoms. The number of hydrogen-bond acceptors (Lipinski definition) is 3. The summed E-state index contributed by atoms with van der Waals surface area (Å²) >= 11 is 4.92. The number of anilines is 1. The van der Waals surface area contributed by atoms with E-state index < -0.39 is 0 Å². The van der Waals surface area contributed by atoms with Crippen LogP contribution in [0.15, 0.2) is 18.3 Å². The van der Waals surface area contributed by atoms with Crippen molar-refractivity contribution in [1.29, 1.82) is 0 Å². The van der Waals surface area contributed by atoms with E-state index in [1.807, 2.05) is 12.3 Å². The number of nitrogens with zero attached hydrogens (tertiary/aromatic N) is 2. The van der Waals surface area contributed by atoms with Gasteiger partial charge in [-0.2, -0.15) is 0 Å². The Morgan fingerprint density at radius 3 is 2.67 bits per heavy atom. The molecule has 1 aromatic rings. The third-order valence-electron chi connectivity index (χ3n) is 3.93. The first-order valence-electron chi connectivity index (χ1n) is 6.51. The minimum atomic E-state index is 0.356. The van der Waals surface area contributed by atoms with E-state index in [2.05, 4.69) is 36.7 Å². The highest BCUT2D eigenvalue weighted by atomic mass is 32.1. The van der Waals surface area contributed by atoms with Gasteiger partial charge in [-0.05, 0) is 37.3 Å². The first kappa shape index (κ1) is 13.3. The zero-order valence-electron chi connectivity index (χ0n) is 11.3. The first-order valence-corrected chi connectivity index (χ1v) is 6.92. The Kier molecular flexibility index (Phi) is 3.85. The molecule has 98 valence electrons. The highest BCUT2D eigenvalue weighted by Crippen LogP contribution is 2.30. The molecule has 0 amide bonds. The molecule has 4 heteroatoms. The predicted octanol–water partition coefficient (Wildman–Crippen LogP) is 2.59. The predicted molar refractivity (Wildman–Crippen MR) is 79.9 cm³/mol. The number of rotatable bonds is 2. The fraction of sp³-hybridized carbons (Fsp3) is 0.571. The van der Waals surface area contributed by atoms with Gasteiger partial charge in [0, 0.05) is 12.6 Å². The van der Waals surface area contributed by atoms with Crippen molar-refractivity contribution in [2.45, 2.75) is 33.2 Å². The number of hydrogen-bond donors (Lipinski definition) is 1. The minimum absolute atomic E-state index is 0.356. The fourth-order valence-corrected chi connectivity index (χ4v) is 2.88. The van der Waals surface area contributed by atoms with Gasteiger partial charge in [-0.3, -0.25) is 4.98 Å². The summed E-state index contributed by atoms with van der Waals surface area (Å²) in [6, 6.07) is 4.54. The van der Waals surface area contributed by atoms with Crippen molar-refractivity contribution in [3.8, 4) is 0 Å². The van der Waals surface area contributed by atoms with Gasteiger partial charge in [-0.1, -0.05) is 26.1 Å². The van der Waals surface area contributed by atoms with Crippen LogP contribution in [0.4, 0.5) is 5.69 Å². The van der Waals surface area contributed by atoms with E-state index in [1.165, 1.54) is 12.1 Å². The van der Waals surface area contributed by atoms with Gasteiger partial charge in [0.05, 0.1) is 17.6 Å². The van der Waals surface area contributed by atoms with Gasteiger partial charge in [0.25, 0.3) is 0 Å². The summed E-state index contributed by atoms with van der Waals surface area (Å²) in [5, 5.41) is 0. The van der Waals surface area contributed by atoms with Crippen LogP contribution in [0.25, 0.3) is 0 Å². The van der Waals surface area contributed by atoms with E-state index in [0.717, 1.165) is 12.5 Å². The van der Waals surface area contributed by atoms with Crippen molar-refractivity contribution in [1.82, 2.24) is 4.98 Å². The average molecular weight is 263 g/mol. The van der Waals surface area contributed by atoms with Crippen molar-refractivity contribution in [2.24, 2.45) is 17.6 Å². The van der Waals surface area contributed by atoms with Crippen LogP contribution in [0.2, 0.25) is 0 Å². The van der Waals surface area contributed by atoms with Gasteiger partial charge in [0.15, 0.2) is 0 Å². The van der Waals surface area contributed by atoms with Crippen LogP contribution < -0.4 is 10.6 Å². The first-order chi connectivity index (χ1) is 8.49. The lowest BCUT2D eigenvalue weighted by Crippen LogP contribution is -2.45. The second-order valence-electron chi connectivity index (χ2n) is 5.48. The van der Waals surface area contributed by atoms with E-state index in [4.69, 9.17) is 18.0 Å². The highest BCUT2D eigenvalue weighted by Gasteiger charge is 2.28. The normalized spacial score (nSPS) is 28.2. The maximum Gasteiger partial charge on any atom is 0.122 e. The molecule has 0 aromatic carbocycles. The molecule has 3 nitrogen and oxygen atoms in total. The molecule has 1 aliphatic rings. The summed E-state index contributed by atoms with van der Waals surface area (Å²) in [7, 11) is 0. The van der Waals surface area contributed by atoms with Crippen molar-refractivity contribution in [2.75, 3.05) is 11.4 Å². The van der Waals surface area contributed by atoms with Crippen LogP contribution in [0, 0.1) is 11.8 Å². The summed E-state index contributed by atoms with van der Waals surface area (Å²) < 4.78 is 0. The number of aromatic nitrogens is 1. The molecule has 3 atom stereocenters. The van der Waals surface area contributed by atoms with Crippen molar-refractivity contribution >= 4 is 22.9 Å². The largest absolute Gasteiger partial charge is 0.388 e. The third-order valence-corrected chi connectivity index (χ3v) is 4.14. The van der Waals surface area contributed by atoms with Crippen LogP contribution in [-0.4, -0.2) is 22.6 Å². The van der Waals surface area contributed by atoms with Crippen LogP contribution >= 0.6 is 12.2 Å². The highest BCUT2D eigenvalue weighted by molar-refractivity contribution is 7.80. The maximum absolute atomic E-state index is 5.57. The lowest BCUT2D eigenvalue weighted by atomic mass is 9.86. The SMILES string of the molecule is CC1CC(C)C(C)N(c2ccc(C(N)=S)nc2)C1. The number of piperidine rings is 1. The summed E-state index contributed by atoms with van der Waals surface area (Å²) in [4.78, 5) is 7.13. The minimum Gasteiger partial charge on any atom is -0.388 e. The van der Waals surface area contributed by atoms with Crippen molar-refractivity contribution in [3.05, 3.63) is 24.0 Å². The Hall–Kier alpha value is -1.16. The quantitative estimate of drug-likeness (QED) is 0.833. The van der Waals surface area contributed by atoms with Gasteiger partial charge in [0.2, 0.25) is 0 Å². The molecule has 0 aliphatic carbocycles. The summed E-state index contributed by atoms with van der Waals surface area (Å²) in [6.07, 6.45) is 3.19. The van der Waals surface area contributed by atoms with E-state index in [-0.39, 0.29) is 0 Å². The zero-order chi connectivity index (χ0) is 13.3. The summed E-state index contributed by atoms with van der Waals surface area (Å²) in [5.74, 6) is 1.44. The van der Waals surface area contributed by atoms with Gasteiger partial charge < -0.3 is 10.6 Å². The van der Waals surface area contributed by atoms with Crippen molar-refractivity contribution < 1.29 is 0 Å². The average Bonchev–Trinajstić information content (AvgIpc) is 2.34. The van der Waals surface area contributed by atoms with E-state index in [0.29, 0.717) is 22.6 Å². The summed E-state index contributed by atoms with van der Waals surface area (Å²) in [5.41, 5.74) is 7.43. The molecular weight excluding hydrogens is 242 g/mol. The molecule has 0 saturated carbocycles. The Morgan fingerprint density at radius 1 is 1.39 bits per heavy atom. The second-order valence-corrected chi connectivity index (χ2v) is 5.92. The van der Waals surface area contributed by atoms with Crippen LogP contribution in [0.3, 0.4) is 0 Å². The van der Waals surface area contributed by atoms with Crippen LogP contribution in [0.1, 0.15) is 32.9 Å². The monoisotopic (exact) mass is 263 g/mol. The third kappa shape index (κ3) is 2.64. The molecular formula is C14H21N3S. The van der Waals surface area contributed by atoms with Crippen LogP contribution in [0.5, 0.6) is 0 Å². The Labute approximate surface area is 114 Å². The Morgan fingerprint density at radius 2 is 2.11 bits per heavy atom. The van der Waals surface area contributed by atoms with Crippen LogP contribution in [-0.2, 0) is 0 Å². The van der Waals surface area contributed by atoms with E-state index in [1.54, 1.807) is 0 Å². The molecule has 1 saturated heterocycles. The molecule has 2 heterocycles. The molecule has 1 fully saturated rings. The molecule has 1 aromatic heterocycles. The topological polar surface area (TPSA) is 42.1 Å². The molecule has 0 spiro atoms. The number of nitrogens with two attached hydrogens (primary N) is 1. The zero-order valence-corrected chi connectivity index (χ0v) is 12.1. The molecule has 1 aliphatic heterocycles. The molecule has 3 unspecified atom stereocenters. The second kappa shape index (κ2) is 5.22. The Balaban J connectivity index is 2.21. The molecule has 0 bridgehead atoms. The fourth-order valence-electron chi connectivity index (χ4n) is 2.76. The van der Waals surface area contributed by atoms with Gasteiger partial charge >= 0.3 is 0 Å². The number of thiocarbonyl (C=S) groups is 1. The maximum atomic E-state index is 5.57. The number of pyridine rings is 1.